The standard InChI is InChI=1S/C22H25N5O3/c1-29-18-9-7-17(8-10-18)26-22(11-3-2-4-12-22)21(28)24-15-19-25-20(27-30-19)16-6-5-13-23-14-16/h5-10,13-14,26H,2-4,11-12,15H2,1H3,(H,24,28). The molecule has 2 N–H and O–H groups in total. The molecule has 8 nitrogen and oxygen atoms in total. The first-order chi connectivity index (χ1) is 14.7. The van der Waals surface area contributed by atoms with Crippen LogP contribution in [-0.4, -0.2) is 33.7 Å². The fourth-order valence-corrected chi connectivity index (χ4v) is 3.78. The number of amides is 1. The highest BCUT2D eigenvalue weighted by Gasteiger charge is 2.39. The Hall–Kier alpha value is -3.42. The van der Waals surface area contributed by atoms with Crippen molar-refractivity contribution in [3.8, 4) is 17.1 Å². The average Bonchev–Trinajstić information content (AvgIpc) is 3.28. The van der Waals surface area contributed by atoms with Crippen molar-refractivity contribution < 1.29 is 14.1 Å². The van der Waals surface area contributed by atoms with Crippen LogP contribution < -0.4 is 15.4 Å². The Bertz CT molecular complexity index is 966. The zero-order chi connectivity index (χ0) is 20.8. The molecule has 1 saturated carbocycles. The largest absolute Gasteiger partial charge is 0.497 e. The van der Waals surface area contributed by atoms with Crippen molar-refractivity contribution >= 4 is 11.6 Å². The third-order valence-corrected chi connectivity index (χ3v) is 5.40. The van der Waals surface area contributed by atoms with Gasteiger partial charge in [-0.05, 0) is 49.2 Å². The van der Waals surface area contributed by atoms with Crippen LogP contribution in [-0.2, 0) is 11.3 Å². The van der Waals surface area contributed by atoms with Crippen molar-refractivity contribution in [1.82, 2.24) is 20.4 Å². The number of methoxy groups -OCH3 is 1. The fourth-order valence-electron chi connectivity index (χ4n) is 3.78. The lowest BCUT2D eigenvalue weighted by molar-refractivity contribution is -0.126. The summed E-state index contributed by atoms with van der Waals surface area (Å²) in [5, 5.41) is 10.4. The number of hydrogen-bond acceptors (Lipinski definition) is 7. The van der Waals surface area contributed by atoms with Gasteiger partial charge < -0.3 is 19.9 Å². The number of carbonyl (C=O) groups is 1. The van der Waals surface area contributed by atoms with Crippen molar-refractivity contribution in [2.24, 2.45) is 0 Å². The average molecular weight is 407 g/mol. The van der Waals surface area contributed by atoms with Crippen molar-refractivity contribution in [1.29, 1.82) is 0 Å². The summed E-state index contributed by atoms with van der Waals surface area (Å²) in [5.41, 5.74) is 1.01. The number of aromatic nitrogens is 3. The zero-order valence-electron chi connectivity index (χ0n) is 16.9. The zero-order valence-corrected chi connectivity index (χ0v) is 16.9. The first kappa shape index (κ1) is 19.9. The van der Waals surface area contributed by atoms with E-state index in [9.17, 15) is 4.79 Å². The smallest absolute Gasteiger partial charge is 0.246 e. The molecular formula is C22H25N5O3. The van der Waals surface area contributed by atoms with Crippen molar-refractivity contribution in [3.63, 3.8) is 0 Å². The van der Waals surface area contributed by atoms with Crippen LogP contribution >= 0.6 is 0 Å². The number of rotatable bonds is 7. The Morgan fingerprint density at radius 1 is 1.17 bits per heavy atom. The molecule has 0 radical (unpaired) electrons. The summed E-state index contributed by atoms with van der Waals surface area (Å²) < 4.78 is 10.5. The third-order valence-electron chi connectivity index (χ3n) is 5.40. The molecule has 0 atom stereocenters. The summed E-state index contributed by atoms with van der Waals surface area (Å²) in [6.07, 6.45) is 8.04. The summed E-state index contributed by atoms with van der Waals surface area (Å²) in [5.74, 6) is 1.54. The van der Waals surface area contributed by atoms with Gasteiger partial charge in [0.1, 0.15) is 11.3 Å². The number of nitrogens with zero attached hydrogens (tertiary/aromatic N) is 3. The molecule has 1 amide bonds. The van der Waals surface area contributed by atoms with Crippen LogP contribution in [0.1, 0.15) is 38.0 Å². The molecule has 0 bridgehead atoms. The summed E-state index contributed by atoms with van der Waals surface area (Å²) in [6.45, 7) is 0.179. The number of nitrogens with one attached hydrogen (secondary N) is 2. The van der Waals surface area contributed by atoms with E-state index in [0.717, 1.165) is 49.1 Å². The molecule has 0 unspecified atom stereocenters. The molecule has 1 aliphatic rings. The number of pyridine rings is 1. The van der Waals surface area contributed by atoms with E-state index in [-0.39, 0.29) is 12.5 Å². The number of carbonyl (C=O) groups excluding carboxylic acids is 1. The Morgan fingerprint density at radius 3 is 2.67 bits per heavy atom. The highest BCUT2D eigenvalue weighted by Crippen LogP contribution is 2.32. The van der Waals surface area contributed by atoms with Crippen molar-refractivity contribution in [2.75, 3.05) is 12.4 Å². The number of ether oxygens (including phenoxy) is 1. The van der Waals surface area contributed by atoms with Gasteiger partial charge in [0, 0.05) is 23.6 Å². The van der Waals surface area contributed by atoms with E-state index in [1.807, 2.05) is 36.4 Å². The Morgan fingerprint density at radius 2 is 1.97 bits per heavy atom. The van der Waals surface area contributed by atoms with Gasteiger partial charge in [-0.2, -0.15) is 4.98 Å². The molecule has 1 fully saturated rings. The third kappa shape index (κ3) is 4.42. The maximum atomic E-state index is 13.2. The van der Waals surface area contributed by atoms with Gasteiger partial charge in [0.2, 0.25) is 17.6 Å². The van der Waals surface area contributed by atoms with Gasteiger partial charge in [0.05, 0.1) is 13.7 Å². The van der Waals surface area contributed by atoms with Gasteiger partial charge in [-0.3, -0.25) is 9.78 Å². The molecular weight excluding hydrogens is 382 g/mol. The minimum absolute atomic E-state index is 0.0563. The second kappa shape index (κ2) is 8.94. The minimum atomic E-state index is -0.654. The molecule has 156 valence electrons. The Kier molecular flexibility index (Phi) is 5.92. The van der Waals surface area contributed by atoms with E-state index in [1.54, 1.807) is 19.5 Å². The SMILES string of the molecule is COc1ccc(NC2(C(=O)NCc3nc(-c4cccnc4)no3)CCCCC2)cc1. The molecule has 0 saturated heterocycles. The number of hydrogen-bond donors (Lipinski definition) is 2. The van der Waals surface area contributed by atoms with Crippen LogP contribution in [0.2, 0.25) is 0 Å². The molecule has 4 rings (SSSR count). The molecule has 2 heterocycles. The molecule has 3 aromatic rings. The van der Waals surface area contributed by atoms with Gasteiger partial charge in [-0.1, -0.05) is 24.4 Å². The maximum absolute atomic E-state index is 13.2. The van der Waals surface area contributed by atoms with Crippen LogP contribution in [0.3, 0.4) is 0 Å². The highest BCUT2D eigenvalue weighted by atomic mass is 16.5. The van der Waals surface area contributed by atoms with E-state index in [1.165, 1.54) is 0 Å². The summed E-state index contributed by atoms with van der Waals surface area (Å²) >= 11 is 0. The lowest BCUT2D eigenvalue weighted by Crippen LogP contribution is -2.53. The number of benzene rings is 1. The maximum Gasteiger partial charge on any atom is 0.246 e. The van der Waals surface area contributed by atoms with Gasteiger partial charge in [-0.15, -0.1) is 0 Å². The molecule has 0 aliphatic heterocycles. The van der Waals surface area contributed by atoms with Gasteiger partial charge in [0.25, 0.3) is 0 Å². The molecule has 1 aliphatic carbocycles. The highest BCUT2D eigenvalue weighted by molar-refractivity contribution is 5.89. The molecule has 2 aromatic heterocycles. The van der Waals surface area contributed by atoms with Crippen molar-refractivity contribution in [3.05, 3.63) is 54.7 Å². The van der Waals surface area contributed by atoms with E-state index in [4.69, 9.17) is 9.26 Å². The van der Waals surface area contributed by atoms with E-state index in [0.29, 0.717) is 11.7 Å². The van der Waals surface area contributed by atoms with Crippen LogP contribution in [0.15, 0.2) is 53.3 Å². The number of anilines is 1. The van der Waals surface area contributed by atoms with Crippen LogP contribution in [0.25, 0.3) is 11.4 Å². The van der Waals surface area contributed by atoms with Gasteiger partial charge in [0.15, 0.2) is 0 Å². The summed E-state index contributed by atoms with van der Waals surface area (Å²) in [7, 11) is 1.63. The topological polar surface area (TPSA) is 102 Å². The van der Waals surface area contributed by atoms with E-state index >= 15 is 0 Å². The molecule has 8 heteroatoms. The van der Waals surface area contributed by atoms with Crippen LogP contribution in [0.4, 0.5) is 5.69 Å². The lowest BCUT2D eigenvalue weighted by Gasteiger charge is -2.37. The molecule has 30 heavy (non-hydrogen) atoms. The first-order valence-electron chi connectivity index (χ1n) is 10.1. The van der Waals surface area contributed by atoms with E-state index in [2.05, 4.69) is 25.8 Å². The lowest BCUT2D eigenvalue weighted by atomic mass is 9.80. The van der Waals surface area contributed by atoms with Gasteiger partial charge >= 0.3 is 0 Å². The molecule has 0 spiro atoms. The predicted molar refractivity (Wildman–Crippen MR) is 112 cm³/mol. The Balaban J connectivity index is 1.44. The van der Waals surface area contributed by atoms with Crippen LogP contribution in [0.5, 0.6) is 5.75 Å². The summed E-state index contributed by atoms with van der Waals surface area (Å²) in [4.78, 5) is 21.6. The minimum Gasteiger partial charge on any atom is -0.497 e. The molecule has 1 aromatic carbocycles. The van der Waals surface area contributed by atoms with Crippen LogP contribution in [0, 0.1) is 0 Å². The first-order valence-corrected chi connectivity index (χ1v) is 10.1. The monoisotopic (exact) mass is 407 g/mol. The van der Waals surface area contributed by atoms with E-state index < -0.39 is 5.54 Å². The van der Waals surface area contributed by atoms with Crippen molar-refractivity contribution in [2.45, 2.75) is 44.2 Å². The quantitative estimate of drug-likeness (QED) is 0.617. The Labute approximate surface area is 175 Å². The second-order valence-corrected chi connectivity index (χ2v) is 7.43. The fraction of sp³-hybridized carbons (Fsp3) is 0.364. The summed E-state index contributed by atoms with van der Waals surface area (Å²) in [6, 6.07) is 11.3. The van der Waals surface area contributed by atoms with Gasteiger partial charge in [-0.25, -0.2) is 0 Å². The second-order valence-electron chi connectivity index (χ2n) is 7.43. The predicted octanol–water partition coefficient (Wildman–Crippen LogP) is 3.57. The normalized spacial score (nSPS) is 15.4.